The van der Waals surface area contributed by atoms with E-state index in [0.717, 1.165) is 11.3 Å². The fraction of sp³-hybridized carbons (Fsp3) is 0.0714. The van der Waals surface area contributed by atoms with Crippen LogP contribution >= 0.6 is 0 Å². The molecule has 0 amide bonds. The van der Waals surface area contributed by atoms with E-state index in [0.29, 0.717) is 11.3 Å². The van der Waals surface area contributed by atoms with Gasteiger partial charge in [0, 0.05) is 18.1 Å². The number of para-hydroxylation sites is 1. The molecule has 1 aromatic heterocycles. The van der Waals surface area contributed by atoms with E-state index < -0.39 is 0 Å². The number of benzene rings is 1. The number of hydrogen-bond acceptors (Lipinski definition) is 3. The number of nitriles is 1. The zero-order chi connectivity index (χ0) is 12.1. The molecule has 0 unspecified atom stereocenters. The minimum atomic E-state index is 0.584. The van der Waals surface area contributed by atoms with E-state index in [1.165, 1.54) is 0 Å². The highest BCUT2D eigenvalue weighted by Crippen LogP contribution is 2.18. The van der Waals surface area contributed by atoms with Crippen molar-refractivity contribution in [2.24, 2.45) is 4.99 Å². The van der Waals surface area contributed by atoms with Crippen LogP contribution in [0, 0.1) is 11.3 Å². The van der Waals surface area contributed by atoms with Crippen molar-refractivity contribution < 1.29 is 0 Å². The van der Waals surface area contributed by atoms with Gasteiger partial charge in [0.05, 0.1) is 11.3 Å². The lowest BCUT2D eigenvalue weighted by Crippen LogP contribution is -1.94. The smallest absolute Gasteiger partial charge is 0.101 e. The van der Waals surface area contributed by atoms with Crippen molar-refractivity contribution >= 4 is 11.4 Å². The highest BCUT2D eigenvalue weighted by Gasteiger charge is 2.01. The van der Waals surface area contributed by atoms with Gasteiger partial charge in [0.1, 0.15) is 6.07 Å². The van der Waals surface area contributed by atoms with E-state index in [4.69, 9.17) is 5.26 Å². The molecule has 17 heavy (non-hydrogen) atoms. The van der Waals surface area contributed by atoms with Gasteiger partial charge in [0.2, 0.25) is 0 Å². The second-order valence-corrected chi connectivity index (χ2v) is 3.56. The molecule has 2 aromatic rings. The molecule has 0 N–H and O–H groups in total. The van der Waals surface area contributed by atoms with Crippen LogP contribution in [0.4, 0.5) is 5.69 Å². The Hall–Kier alpha value is -2.47. The van der Waals surface area contributed by atoms with Gasteiger partial charge < -0.3 is 0 Å². The first kappa shape index (κ1) is 11.0. The fourth-order valence-corrected chi connectivity index (χ4v) is 1.50. The van der Waals surface area contributed by atoms with Crippen LogP contribution in [-0.2, 0) is 0 Å². The summed E-state index contributed by atoms with van der Waals surface area (Å²) in [5, 5.41) is 8.97. The SMILES string of the molecule is CC(=Nc1ccccc1C#N)c1ccncc1. The number of aliphatic imine (C=N–C) groups is 1. The van der Waals surface area contributed by atoms with Crippen LogP contribution in [0.1, 0.15) is 18.1 Å². The summed E-state index contributed by atoms with van der Waals surface area (Å²) in [4.78, 5) is 8.43. The van der Waals surface area contributed by atoms with E-state index in [9.17, 15) is 0 Å². The molecular weight excluding hydrogens is 210 g/mol. The van der Waals surface area contributed by atoms with Gasteiger partial charge in [-0.05, 0) is 36.8 Å². The molecule has 3 nitrogen and oxygen atoms in total. The third kappa shape index (κ3) is 2.56. The first-order valence-corrected chi connectivity index (χ1v) is 5.26. The Morgan fingerprint density at radius 3 is 2.59 bits per heavy atom. The lowest BCUT2D eigenvalue weighted by atomic mass is 10.1. The summed E-state index contributed by atoms with van der Waals surface area (Å²) < 4.78 is 0. The van der Waals surface area contributed by atoms with E-state index in [2.05, 4.69) is 16.0 Å². The number of nitrogens with zero attached hydrogens (tertiary/aromatic N) is 3. The maximum Gasteiger partial charge on any atom is 0.101 e. The molecule has 0 radical (unpaired) electrons. The minimum Gasteiger partial charge on any atom is -0.265 e. The topological polar surface area (TPSA) is 49.0 Å². The first-order chi connectivity index (χ1) is 8.31. The molecule has 0 aliphatic carbocycles. The maximum atomic E-state index is 8.97. The van der Waals surface area contributed by atoms with Crippen LogP contribution in [0.5, 0.6) is 0 Å². The second kappa shape index (κ2) is 5.04. The van der Waals surface area contributed by atoms with Crippen molar-refractivity contribution in [1.82, 2.24) is 4.98 Å². The fourth-order valence-electron chi connectivity index (χ4n) is 1.50. The monoisotopic (exact) mass is 221 g/mol. The molecule has 0 bridgehead atoms. The van der Waals surface area contributed by atoms with E-state index in [1.54, 1.807) is 18.5 Å². The quantitative estimate of drug-likeness (QED) is 0.731. The van der Waals surface area contributed by atoms with Crippen LogP contribution in [0.2, 0.25) is 0 Å². The second-order valence-electron chi connectivity index (χ2n) is 3.56. The highest BCUT2D eigenvalue weighted by molar-refractivity contribution is 6.00. The van der Waals surface area contributed by atoms with Gasteiger partial charge in [-0.3, -0.25) is 9.98 Å². The highest BCUT2D eigenvalue weighted by atomic mass is 14.7. The number of rotatable bonds is 2. The Labute approximate surface area is 100 Å². The molecule has 0 saturated carbocycles. The van der Waals surface area contributed by atoms with Crippen LogP contribution < -0.4 is 0 Å². The maximum absolute atomic E-state index is 8.97. The van der Waals surface area contributed by atoms with Crippen molar-refractivity contribution in [3.05, 3.63) is 59.9 Å². The van der Waals surface area contributed by atoms with E-state index >= 15 is 0 Å². The van der Waals surface area contributed by atoms with Gasteiger partial charge in [-0.2, -0.15) is 5.26 Å². The Morgan fingerprint density at radius 1 is 1.18 bits per heavy atom. The zero-order valence-corrected chi connectivity index (χ0v) is 9.46. The average Bonchev–Trinajstić information content (AvgIpc) is 2.40. The Morgan fingerprint density at radius 2 is 1.88 bits per heavy atom. The molecule has 0 spiro atoms. The molecular formula is C14H11N3. The Bertz CT molecular complexity index is 580. The Balaban J connectivity index is 2.41. The third-order valence-electron chi connectivity index (χ3n) is 2.41. The summed E-state index contributed by atoms with van der Waals surface area (Å²) in [6.07, 6.45) is 3.45. The molecule has 0 atom stereocenters. The molecule has 3 heteroatoms. The number of aromatic nitrogens is 1. The predicted molar refractivity (Wildman–Crippen MR) is 67.3 cm³/mol. The molecule has 1 heterocycles. The van der Waals surface area contributed by atoms with Crippen molar-refractivity contribution in [1.29, 1.82) is 5.26 Å². The summed E-state index contributed by atoms with van der Waals surface area (Å²) in [5.74, 6) is 0. The summed E-state index contributed by atoms with van der Waals surface area (Å²) in [7, 11) is 0. The Kier molecular flexibility index (Phi) is 3.27. The predicted octanol–water partition coefficient (Wildman–Crippen LogP) is 3.09. The van der Waals surface area contributed by atoms with Gasteiger partial charge in [0.15, 0.2) is 0 Å². The summed E-state index contributed by atoms with van der Waals surface area (Å²) in [6.45, 7) is 1.92. The minimum absolute atomic E-state index is 0.584. The van der Waals surface area contributed by atoms with Gasteiger partial charge in [0.25, 0.3) is 0 Å². The summed E-state index contributed by atoms with van der Waals surface area (Å²) in [6, 6.07) is 13.2. The molecule has 82 valence electrons. The number of pyridine rings is 1. The average molecular weight is 221 g/mol. The summed E-state index contributed by atoms with van der Waals surface area (Å²) in [5.41, 5.74) is 3.16. The molecule has 0 fully saturated rings. The van der Waals surface area contributed by atoms with E-state index in [1.807, 2.05) is 37.3 Å². The van der Waals surface area contributed by atoms with Gasteiger partial charge in [-0.25, -0.2) is 0 Å². The molecule has 0 aliphatic rings. The lowest BCUT2D eigenvalue weighted by Gasteiger charge is -2.01. The van der Waals surface area contributed by atoms with E-state index in [-0.39, 0.29) is 0 Å². The van der Waals surface area contributed by atoms with Gasteiger partial charge in [-0.15, -0.1) is 0 Å². The van der Waals surface area contributed by atoms with Gasteiger partial charge >= 0.3 is 0 Å². The first-order valence-electron chi connectivity index (χ1n) is 5.26. The largest absolute Gasteiger partial charge is 0.265 e. The van der Waals surface area contributed by atoms with Gasteiger partial charge in [-0.1, -0.05) is 12.1 Å². The van der Waals surface area contributed by atoms with Crippen molar-refractivity contribution in [3.8, 4) is 6.07 Å². The lowest BCUT2D eigenvalue weighted by molar-refractivity contribution is 1.31. The molecule has 2 rings (SSSR count). The molecule has 0 saturated heterocycles. The van der Waals surface area contributed by atoms with Crippen LogP contribution in [-0.4, -0.2) is 10.7 Å². The van der Waals surface area contributed by atoms with Crippen molar-refractivity contribution in [3.63, 3.8) is 0 Å². The van der Waals surface area contributed by atoms with Crippen molar-refractivity contribution in [2.45, 2.75) is 6.92 Å². The van der Waals surface area contributed by atoms with Crippen LogP contribution in [0.25, 0.3) is 0 Å². The standard InChI is InChI=1S/C14H11N3/c1-11(12-6-8-16-9-7-12)17-14-5-3-2-4-13(14)10-15/h2-9H,1H3. The molecule has 1 aromatic carbocycles. The molecule has 0 aliphatic heterocycles. The van der Waals surface area contributed by atoms with Crippen LogP contribution in [0.3, 0.4) is 0 Å². The normalized spacial score (nSPS) is 10.9. The van der Waals surface area contributed by atoms with Crippen LogP contribution in [0.15, 0.2) is 53.8 Å². The number of hydrogen-bond donors (Lipinski definition) is 0. The third-order valence-corrected chi connectivity index (χ3v) is 2.41. The van der Waals surface area contributed by atoms with Crippen molar-refractivity contribution in [2.75, 3.05) is 0 Å². The zero-order valence-electron chi connectivity index (χ0n) is 9.46. The summed E-state index contributed by atoms with van der Waals surface area (Å²) >= 11 is 0.